The van der Waals surface area contributed by atoms with Crippen molar-refractivity contribution in [3.8, 4) is 0 Å². The highest BCUT2D eigenvalue weighted by atomic mass is 35.5. The zero-order valence-corrected chi connectivity index (χ0v) is 13.6. The fraction of sp³-hybridized carbons (Fsp3) is 0.571. The van der Waals surface area contributed by atoms with Crippen molar-refractivity contribution in [1.29, 1.82) is 0 Å². The van der Waals surface area contributed by atoms with Gasteiger partial charge in [0.15, 0.2) is 0 Å². The summed E-state index contributed by atoms with van der Waals surface area (Å²) >= 11 is 5.98. The summed E-state index contributed by atoms with van der Waals surface area (Å²) in [4.78, 5) is 0. The molecule has 2 rings (SSSR count). The molecule has 0 amide bonds. The summed E-state index contributed by atoms with van der Waals surface area (Å²) in [7, 11) is -3.08. The summed E-state index contributed by atoms with van der Waals surface area (Å²) in [6.07, 6.45) is 1.55. The molecule has 0 unspecified atom stereocenters. The Balaban J connectivity index is 1.84. The third-order valence-corrected chi connectivity index (χ3v) is 6.04. The van der Waals surface area contributed by atoms with Crippen molar-refractivity contribution in [2.24, 2.45) is 0 Å². The average Bonchev–Trinajstić information content (AvgIpc) is 2.47. The Labute approximate surface area is 130 Å². The summed E-state index contributed by atoms with van der Waals surface area (Å²) in [5.41, 5.74) is 0.849. The predicted molar refractivity (Wildman–Crippen MR) is 82.3 cm³/mol. The molecule has 1 saturated heterocycles. The second-order valence-corrected chi connectivity index (χ2v) is 7.86. The van der Waals surface area contributed by atoms with Gasteiger partial charge in [0.2, 0.25) is 10.0 Å². The molecular formula is C14H20ClFN2O2S. The van der Waals surface area contributed by atoms with Gasteiger partial charge >= 0.3 is 0 Å². The van der Waals surface area contributed by atoms with Crippen molar-refractivity contribution in [2.45, 2.75) is 32.4 Å². The SMILES string of the molecule is CCS(=O)(=O)N1CCC(NCc2ccc(F)cc2Cl)CC1. The highest BCUT2D eigenvalue weighted by Gasteiger charge is 2.26. The van der Waals surface area contributed by atoms with Crippen molar-refractivity contribution in [3.63, 3.8) is 0 Å². The number of halogens is 2. The summed E-state index contributed by atoms with van der Waals surface area (Å²) in [5, 5.41) is 3.77. The number of piperidine rings is 1. The Hall–Kier alpha value is -0.690. The first-order valence-corrected chi connectivity index (χ1v) is 9.06. The number of hydrogen-bond acceptors (Lipinski definition) is 3. The van der Waals surface area contributed by atoms with E-state index in [1.54, 1.807) is 17.3 Å². The van der Waals surface area contributed by atoms with Crippen molar-refractivity contribution in [3.05, 3.63) is 34.6 Å². The van der Waals surface area contributed by atoms with Crippen LogP contribution in [0.5, 0.6) is 0 Å². The van der Waals surface area contributed by atoms with Crippen LogP contribution in [0.15, 0.2) is 18.2 Å². The van der Waals surface area contributed by atoms with Gasteiger partial charge in [-0.15, -0.1) is 0 Å². The van der Waals surface area contributed by atoms with Crippen molar-refractivity contribution in [1.82, 2.24) is 9.62 Å². The van der Waals surface area contributed by atoms with E-state index in [0.29, 0.717) is 24.7 Å². The Morgan fingerprint density at radius 1 is 1.38 bits per heavy atom. The van der Waals surface area contributed by atoms with E-state index in [4.69, 9.17) is 11.6 Å². The van der Waals surface area contributed by atoms with E-state index in [1.165, 1.54) is 12.1 Å². The Morgan fingerprint density at radius 2 is 2.05 bits per heavy atom. The molecule has 0 aromatic heterocycles. The van der Waals surface area contributed by atoms with Crippen LogP contribution in [0.25, 0.3) is 0 Å². The molecule has 21 heavy (non-hydrogen) atoms. The van der Waals surface area contributed by atoms with Gasteiger partial charge in [0.05, 0.1) is 5.75 Å². The number of benzene rings is 1. The van der Waals surface area contributed by atoms with Gasteiger partial charge < -0.3 is 5.32 Å². The molecule has 1 aliphatic rings. The van der Waals surface area contributed by atoms with Gasteiger partial charge in [0, 0.05) is 30.7 Å². The average molecular weight is 335 g/mol. The molecule has 0 atom stereocenters. The highest BCUT2D eigenvalue weighted by Crippen LogP contribution is 2.19. The van der Waals surface area contributed by atoms with Crippen LogP contribution in [0.4, 0.5) is 4.39 Å². The summed E-state index contributed by atoms with van der Waals surface area (Å²) < 4.78 is 38.1. The first-order valence-electron chi connectivity index (χ1n) is 7.07. The van der Waals surface area contributed by atoms with Gasteiger partial charge in [0.25, 0.3) is 0 Å². The van der Waals surface area contributed by atoms with Gasteiger partial charge in [-0.05, 0) is 37.5 Å². The quantitative estimate of drug-likeness (QED) is 0.899. The van der Waals surface area contributed by atoms with Crippen molar-refractivity contribution in [2.75, 3.05) is 18.8 Å². The number of hydrogen-bond donors (Lipinski definition) is 1. The van der Waals surface area contributed by atoms with Crippen LogP contribution in [-0.2, 0) is 16.6 Å². The van der Waals surface area contributed by atoms with Crippen LogP contribution >= 0.6 is 11.6 Å². The van der Waals surface area contributed by atoms with Gasteiger partial charge in [-0.3, -0.25) is 0 Å². The van der Waals surface area contributed by atoms with E-state index in [-0.39, 0.29) is 17.6 Å². The number of sulfonamides is 1. The maximum atomic E-state index is 13.0. The van der Waals surface area contributed by atoms with E-state index in [9.17, 15) is 12.8 Å². The number of rotatable bonds is 5. The molecule has 1 heterocycles. The van der Waals surface area contributed by atoms with E-state index in [0.717, 1.165) is 18.4 Å². The van der Waals surface area contributed by atoms with Gasteiger partial charge in [-0.25, -0.2) is 17.1 Å². The minimum absolute atomic E-state index is 0.149. The predicted octanol–water partition coefficient (Wildman–Crippen LogP) is 2.38. The van der Waals surface area contributed by atoms with Crippen LogP contribution in [0, 0.1) is 5.82 Å². The molecule has 1 aromatic rings. The fourth-order valence-electron chi connectivity index (χ4n) is 2.44. The van der Waals surface area contributed by atoms with Gasteiger partial charge in [0.1, 0.15) is 5.82 Å². The smallest absolute Gasteiger partial charge is 0.213 e. The van der Waals surface area contributed by atoms with E-state index < -0.39 is 10.0 Å². The Bertz CT molecular complexity index is 587. The molecule has 0 bridgehead atoms. The topological polar surface area (TPSA) is 49.4 Å². The van der Waals surface area contributed by atoms with E-state index in [1.807, 2.05) is 0 Å². The third kappa shape index (κ3) is 4.39. The molecule has 1 aromatic carbocycles. The lowest BCUT2D eigenvalue weighted by molar-refractivity contribution is 0.289. The standard InChI is InChI=1S/C14H20ClFN2O2S/c1-2-21(19,20)18-7-5-13(6-8-18)17-10-11-3-4-12(16)9-14(11)15/h3-4,9,13,17H,2,5-8,10H2,1H3. The molecule has 0 spiro atoms. The summed E-state index contributed by atoms with van der Waals surface area (Å²) in [6, 6.07) is 4.62. The molecule has 7 heteroatoms. The van der Waals surface area contributed by atoms with Crippen LogP contribution in [0.1, 0.15) is 25.3 Å². The van der Waals surface area contributed by atoms with E-state index >= 15 is 0 Å². The molecule has 4 nitrogen and oxygen atoms in total. The molecule has 0 radical (unpaired) electrons. The fourth-order valence-corrected chi connectivity index (χ4v) is 3.81. The van der Waals surface area contributed by atoms with Crippen LogP contribution in [-0.4, -0.2) is 37.6 Å². The molecule has 1 N–H and O–H groups in total. The zero-order valence-electron chi connectivity index (χ0n) is 12.0. The molecule has 1 fully saturated rings. The molecule has 0 saturated carbocycles. The van der Waals surface area contributed by atoms with Crippen LogP contribution in [0.3, 0.4) is 0 Å². The Morgan fingerprint density at radius 3 is 2.62 bits per heavy atom. The molecule has 118 valence electrons. The maximum Gasteiger partial charge on any atom is 0.213 e. The largest absolute Gasteiger partial charge is 0.310 e. The maximum absolute atomic E-state index is 13.0. The molecule has 1 aliphatic heterocycles. The Kier molecular flexibility index (Phi) is 5.60. The first-order chi connectivity index (χ1) is 9.92. The zero-order chi connectivity index (χ0) is 15.5. The van der Waals surface area contributed by atoms with Crippen molar-refractivity contribution < 1.29 is 12.8 Å². The van der Waals surface area contributed by atoms with Crippen LogP contribution in [0.2, 0.25) is 5.02 Å². The number of nitrogens with one attached hydrogen (secondary N) is 1. The molecule has 0 aliphatic carbocycles. The minimum atomic E-state index is -3.08. The normalized spacial score (nSPS) is 18.0. The monoisotopic (exact) mass is 334 g/mol. The minimum Gasteiger partial charge on any atom is -0.310 e. The second kappa shape index (κ2) is 7.05. The van der Waals surface area contributed by atoms with Crippen molar-refractivity contribution >= 4 is 21.6 Å². The third-order valence-electron chi connectivity index (χ3n) is 3.81. The van der Waals surface area contributed by atoms with Crippen LogP contribution < -0.4 is 5.32 Å². The lowest BCUT2D eigenvalue weighted by Gasteiger charge is -2.31. The van der Waals surface area contributed by atoms with Gasteiger partial charge in [-0.2, -0.15) is 0 Å². The summed E-state index contributed by atoms with van der Waals surface area (Å²) in [6.45, 7) is 3.32. The molecular weight excluding hydrogens is 315 g/mol. The number of nitrogens with zero attached hydrogens (tertiary/aromatic N) is 1. The summed E-state index contributed by atoms with van der Waals surface area (Å²) in [5.74, 6) is -0.196. The van der Waals surface area contributed by atoms with Gasteiger partial charge in [-0.1, -0.05) is 17.7 Å². The lowest BCUT2D eigenvalue weighted by atomic mass is 10.1. The second-order valence-electron chi connectivity index (χ2n) is 5.19. The lowest BCUT2D eigenvalue weighted by Crippen LogP contribution is -2.45. The first kappa shape index (κ1) is 16.7. The van der Waals surface area contributed by atoms with E-state index in [2.05, 4.69) is 5.32 Å². The highest BCUT2D eigenvalue weighted by molar-refractivity contribution is 7.89.